The van der Waals surface area contributed by atoms with Crippen LogP contribution in [-0.2, 0) is 5.41 Å². The summed E-state index contributed by atoms with van der Waals surface area (Å²) in [5.74, 6) is 3.38. The highest BCUT2D eigenvalue weighted by Gasteiger charge is 2.21. The van der Waals surface area contributed by atoms with Gasteiger partial charge in [-0.25, -0.2) is 0 Å². The summed E-state index contributed by atoms with van der Waals surface area (Å²) in [6, 6.07) is 1.86. The molecule has 0 fully saturated rings. The molecule has 2 heteroatoms. The molecule has 1 heterocycles. The fourth-order valence-electron chi connectivity index (χ4n) is 0.729. The molecule has 1 aromatic heterocycles. The average molecular weight is 149 g/mol. The lowest BCUT2D eigenvalue weighted by atomic mass is 9.91. The topological polar surface area (TPSA) is 26.0 Å². The summed E-state index contributed by atoms with van der Waals surface area (Å²) in [5.41, 5.74) is 0.518. The minimum Gasteiger partial charge on any atom is -0.360 e. The van der Waals surface area contributed by atoms with Crippen molar-refractivity contribution in [3.63, 3.8) is 0 Å². The van der Waals surface area contributed by atoms with Gasteiger partial charge in [-0.2, -0.15) is 0 Å². The third-order valence-corrected chi connectivity index (χ3v) is 1.60. The minimum atomic E-state index is -0.346. The van der Waals surface area contributed by atoms with E-state index in [-0.39, 0.29) is 5.41 Å². The summed E-state index contributed by atoms with van der Waals surface area (Å²) in [5, 5.41) is 3.76. The maximum Gasteiger partial charge on any atom is 0.154 e. The Balaban J connectivity index is 3.04. The van der Waals surface area contributed by atoms with Crippen LogP contribution in [0.5, 0.6) is 0 Å². The number of rotatable bonds is 1. The zero-order chi connectivity index (χ0) is 8.48. The normalized spacial score (nSPS) is 11.1. The third-order valence-electron chi connectivity index (χ3n) is 1.60. The van der Waals surface area contributed by atoms with Crippen molar-refractivity contribution in [3.05, 3.63) is 17.5 Å². The van der Waals surface area contributed by atoms with Crippen molar-refractivity contribution in [3.8, 4) is 12.3 Å². The van der Waals surface area contributed by atoms with Crippen molar-refractivity contribution < 1.29 is 4.52 Å². The van der Waals surface area contributed by atoms with Crippen LogP contribution in [0.4, 0.5) is 0 Å². The average Bonchev–Trinajstić information content (AvgIpc) is 2.36. The molecule has 0 bridgehead atoms. The third kappa shape index (κ3) is 1.43. The molecule has 0 spiro atoms. The van der Waals surface area contributed by atoms with Crippen LogP contribution in [0.3, 0.4) is 0 Å². The van der Waals surface area contributed by atoms with Crippen molar-refractivity contribution >= 4 is 0 Å². The summed E-state index contributed by atoms with van der Waals surface area (Å²) in [6.07, 6.45) is 5.31. The fourth-order valence-corrected chi connectivity index (χ4v) is 0.729. The predicted molar refractivity (Wildman–Crippen MR) is 43.1 cm³/mol. The summed E-state index contributed by atoms with van der Waals surface area (Å²) < 4.78 is 5.03. The Morgan fingerprint density at radius 3 is 2.64 bits per heavy atom. The van der Waals surface area contributed by atoms with Crippen molar-refractivity contribution in [2.24, 2.45) is 0 Å². The highest BCUT2D eigenvalue weighted by atomic mass is 16.5. The Kier molecular flexibility index (Phi) is 1.74. The zero-order valence-electron chi connectivity index (χ0n) is 7.01. The van der Waals surface area contributed by atoms with E-state index in [4.69, 9.17) is 10.9 Å². The summed E-state index contributed by atoms with van der Waals surface area (Å²) in [7, 11) is 0. The summed E-state index contributed by atoms with van der Waals surface area (Å²) in [6.45, 7) is 5.72. The molecule has 0 unspecified atom stereocenters. The van der Waals surface area contributed by atoms with Gasteiger partial charge < -0.3 is 4.52 Å². The first-order valence-corrected chi connectivity index (χ1v) is 3.48. The summed E-state index contributed by atoms with van der Waals surface area (Å²) >= 11 is 0. The van der Waals surface area contributed by atoms with E-state index >= 15 is 0 Å². The molecule has 58 valence electrons. The molecule has 0 atom stereocenters. The van der Waals surface area contributed by atoms with Crippen LogP contribution < -0.4 is 0 Å². The van der Waals surface area contributed by atoms with E-state index in [0.717, 1.165) is 11.5 Å². The summed E-state index contributed by atoms with van der Waals surface area (Å²) in [4.78, 5) is 0. The van der Waals surface area contributed by atoms with Gasteiger partial charge in [0.2, 0.25) is 0 Å². The first kappa shape index (κ1) is 7.87. The molecule has 2 nitrogen and oxygen atoms in total. The molecule has 0 aliphatic rings. The monoisotopic (exact) mass is 149 g/mol. The number of terminal acetylenes is 1. The van der Waals surface area contributed by atoms with Gasteiger partial charge in [-0.1, -0.05) is 11.1 Å². The van der Waals surface area contributed by atoms with Gasteiger partial charge in [-0.05, 0) is 20.8 Å². The Bertz CT molecular complexity index is 291. The molecule has 0 radical (unpaired) electrons. The van der Waals surface area contributed by atoms with E-state index < -0.39 is 0 Å². The second-order valence-corrected chi connectivity index (χ2v) is 3.10. The Morgan fingerprint density at radius 2 is 2.27 bits per heavy atom. The quantitative estimate of drug-likeness (QED) is 0.570. The van der Waals surface area contributed by atoms with Crippen LogP contribution >= 0.6 is 0 Å². The number of hydrogen-bond acceptors (Lipinski definition) is 2. The molecule has 11 heavy (non-hydrogen) atoms. The zero-order valence-corrected chi connectivity index (χ0v) is 7.01. The lowest BCUT2D eigenvalue weighted by Gasteiger charge is -2.11. The lowest BCUT2D eigenvalue weighted by Crippen LogP contribution is -2.12. The first-order valence-electron chi connectivity index (χ1n) is 3.48. The van der Waals surface area contributed by atoms with Crippen LogP contribution in [0.15, 0.2) is 10.6 Å². The van der Waals surface area contributed by atoms with Crippen molar-refractivity contribution in [2.45, 2.75) is 26.2 Å². The van der Waals surface area contributed by atoms with E-state index in [2.05, 4.69) is 11.1 Å². The standard InChI is InChI=1S/C9H11NO/c1-5-9(3,4)8-6-7(2)10-11-8/h1,6H,2-4H3. The molecule has 0 saturated carbocycles. The SMILES string of the molecule is C#CC(C)(C)c1cc(C)no1. The lowest BCUT2D eigenvalue weighted by molar-refractivity contribution is 0.346. The molecule has 0 amide bonds. The molecule has 1 rings (SSSR count). The van der Waals surface area contributed by atoms with E-state index in [0.29, 0.717) is 0 Å². The van der Waals surface area contributed by atoms with Gasteiger partial charge in [0, 0.05) is 6.07 Å². The molecular formula is C9H11NO. The van der Waals surface area contributed by atoms with Crippen molar-refractivity contribution in [1.82, 2.24) is 5.16 Å². The molecule has 0 saturated heterocycles. The van der Waals surface area contributed by atoms with Crippen LogP contribution in [-0.4, -0.2) is 5.16 Å². The number of aromatic nitrogens is 1. The van der Waals surface area contributed by atoms with Crippen molar-refractivity contribution in [1.29, 1.82) is 0 Å². The molecule has 0 aliphatic carbocycles. The van der Waals surface area contributed by atoms with Gasteiger partial charge in [0.1, 0.15) is 0 Å². The van der Waals surface area contributed by atoms with E-state index in [1.54, 1.807) is 0 Å². The van der Waals surface area contributed by atoms with Crippen LogP contribution in [0.25, 0.3) is 0 Å². The predicted octanol–water partition coefficient (Wildman–Crippen LogP) is 1.89. The van der Waals surface area contributed by atoms with Crippen molar-refractivity contribution in [2.75, 3.05) is 0 Å². The van der Waals surface area contributed by atoms with Crippen LogP contribution in [0.2, 0.25) is 0 Å². The highest BCUT2D eigenvalue weighted by molar-refractivity contribution is 5.24. The minimum absolute atomic E-state index is 0.346. The van der Waals surface area contributed by atoms with Gasteiger partial charge in [-0.15, -0.1) is 6.42 Å². The molecular weight excluding hydrogens is 138 g/mol. The largest absolute Gasteiger partial charge is 0.360 e. The van der Waals surface area contributed by atoms with Gasteiger partial charge >= 0.3 is 0 Å². The Morgan fingerprint density at radius 1 is 1.64 bits per heavy atom. The second kappa shape index (κ2) is 2.43. The van der Waals surface area contributed by atoms with Crippen LogP contribution in [0, 0.1) is 19.3 Å². The fraction of sp³-hybridized carbons (Fsp3) is 0.444. The molecule has 0 aromatic carbocycles. The van der Waals surface area contributed by atoms with E-state index in [1.807, 2.05) is 26.8 Å². The first-order chi connectivity index (χ1) is 5.06. The Labute approximate surface area is 66.6 Å². The molecule has 0 N–H and O–H groups in total. The maximum absolute atomic E-state index is 5.31. The number of nitrogens with zero attached hydrogens (tertiary/aromatic N) is 1. The van der Waals surface area contributed by atoms with Gasteiger partial charge in [-0.3, -0.25) is 0 Å². The molecule has 1 aromatic rings. The maximum atomic E-state index is 5.31. The number of aryl methyl sites for hydroxylation is 1. The Hall–Kier alpha value is -1.23. The van der Waals surface area contributed by atoms with E-state index in [9.17, 15) is 0 Å². The van der Waals surface area contributed by atoms with Crippen LogP contribution in [0.1, 0.15) is 25.3 Å². The number of hydrogen-bond donors (Lipinski definition) is 0. The van der Waals surface area contributed by atoms with Gasteiger partial charge in [0.15, 0.2) is 5.76 Å². The molecule has 0 aliphatic heterocycles. The van der Waals surface area contributed by atoms with Gasteiger partial charge in [0.25, 0.3) is 0 Å². The second-order valence-electron chi connectivity index (χ2n) is 3.10. The highest BCUT2D eigenvalue weighted by Crippen LogP contribution is 2.21. The van der Waals surface area contributed by atoms with E-state index in [1.165, 1.54) is 0 Å². The van der Waals surface area contributed by atoms with Gasteiger partial charge in [0.05, 0.1) is 11.1 Å². The smallest absolute Gasteiger partial charge is 0.154 e.